The first-order valence-electron chi connectivity index (χ1n) is 5.68. The van der Waals surface area contributed by atoms with E-state index in [0.29, 0.717) is 0 Å². The van der Waals surface area contributed by atoms with Crippen molar-refractivity contribution in [2.45, 2.75) is 33.6 Å². The van der Waals surface area contributed by atoms with E-state index >= 15 is 0 Å². The molecule has 0 N–H and O–H groups in total. The van der Waals surface area contributed by atoms with E-state index in [2.05, 4.69) is 57.2 Å². The van der Waals surface area contributed by atoms with Crippen molar-refractivity contribution >= 4 is 0 Å². The van der Waals surface area contributed by atoms with Crippen molar-refractivity contribution < 1.29 is 27.6 Å². The normalized spacial score (nSPS) is 18.2. The van der Waals surface area contributed by atoms with Crippen LogP contribution >= 0.6 is 0 Å². The van der Waals surface area contributed by atoms with E-state index in [1.54, 1.807) is 0 Å². The summed E-state index contributed by atoms with van der Waals surface area (Å²) in [5, 5.41) is 0. The average molecular weight is 292 g/mol. The fourth-order valence-corrected chi connectivity index (χ4v) is 2.43. The summed E-state index contributed by atoms with van der Waals surface area (Å²) in [7, 11) is 0. The summed E-state index contributed by atoms with van der Waals surface area (Å²) in [6.45, 7) is 6.92. The third-order valence-electron chi connectivity index (χ3n) is 2.93. The van der Waals surface area contributed by atoms with Gasteiger partial charge in [0.05, 0.1) is 0 Å². The zero-order valence-electron chi connectivity index (χ0n) is 11.4. The van der Waals surface area contributed by atoms with Crippen molar-refractivity contribution in [3.63, 3.8) is 0 Å². The Morgan fingerprint density at radius 1 is 1.00 bits per heavy atom. The van der Waals surface area contributed by atoms with Crippen LogP contribution in [-0.4, -0.2) is 0 Å². The van der Waals surface area contributed by atoms with Crippen LogP contribution in [0.4, 0.5) is 0 Å². The van der Waals surface area contributed by atoms with E-state index in [1.165, 1.54) is 17.1 Å². The van der Waals surface area contributed by atoms with Crippen molar-refractivity contribution in [2.24, 2.45) is 5.41 Å². The van der Waals surface area contributed by atoms with E-state index < -0.39 is 0 Å². The Balaban J connectivity index is 0.00000128. The Kier molecular flexibility index (Phi) is 4.62. The number of hydrogen-bond donors (Lipinski definition) is 0. The molecule has 0 fully saturated rings. The predicted molar refractivity (Wildman–Crippen MR) is 67.5 cm³/mol. The molecule has 0 spiro atoms. The molecule has 0 aromatic heterocycles. The van der Waals surface area contributed by atoms with Gasteiger partial charge in [-0.15, -0.1) is 29.2 Å². The quantitative estimate of drug-likeness (QED) is 0.658. The van der Waals surface area contributed by atoms with Crippen LogP contribution in [0.25, 0.3) is 0 Å². The molecule has 0 aromatic rings. The third-order valence-corrected chi connectivity index (χ3v) is 2.93. The molecule has 2 aliphatic rings. The molecule has 0 nitrogen and oxygen atoms in total. The van der Waals surface area contributed by atoms with Crippen molar-refractivity contribution in [1.29, 1.82) is 0 Å². The summed E-state index contributed by atoms with van der Waals surface area (Å²) in [6, 6.07) is 0. The summed E-state index contributed by atoms with van der Waals surface area (Å²) in [5.74, 6) is 1.54. The second-order valence-electron chi connectivity index (χ2n) is 5.27. The maximum atomic E-state index is 2.31. The Hall–Kier alpha value is -0.287. The topological polar surface area (TPSA) is 0 Å². The largest absolute Gasteiger partial charge is 1.00 e. The molecular formula is C15H20Zr-2. The van der Waals surface area contributed by atoms with Gasteiger partial charge < -0.3 is 1.43 Å². The first-order chi connectivity index (χ1) is 7.09. The summed E-state index contributed by atoms with van der Waals surface area (Å²) >= 11 is 0. The molecule has 0 saturated heterocycles. The zero-order chi connectivity index (χ0) is 10.9. The number of rotatable bonds is 2. The molecular weight excluding hydrogens is 271 g/mol. The maximum absolute atomic E-state index is 2.31. The van der Waals surface area contributed by atoms with Crippen LogP contribution in [0.5, 0.6) is 0 Å². The van der Waals surface area contributed by atoms with Crippen LogP contribution in [0.3, 0.4) is 0 Å². The smallest absolute Gasteiger partial charge is 0 e. The van der Waals surface area contributed by atoms with Crippen molar-refractivity contribution in [3.8, 4) is 0 Å². The molecule has 0 unspecified atom stereocenters. The fraction of sp³-hybridized carbons (Fsp3) is 0.400. The Bertz CT molecular complexity index is 337. The van der Waals surface area contributed by atoms with Crippen molar-refractivity contribution in [3.05, 3.63) is 53.5 Å². The Morgan fingerprint density at radius 2 is 1.44 bits per heavy atom. The minimum atomic E-state index is 0. The van der Waals surface area contributed by atoms with Gasteiger partial charge in [0.15, 0.2) is 0 Å². The molecule has 0 aromatic carbocycles. The van der Waals surface area contributed by atoms with Crippen LogP contribution in [0.1, 0.15) is 35.0 Å². The molecule has 0 bridgehead atoms. The van der Waals surface area contributed by atoms with Gasteiger partial charge in [-0.2, -0.15) is 12.2 Å². The molecule has 2 aliphatic carbocycles. The minimum Gasteiger partial charge on any atom is -1.00 e. The van der Waals surface area contributed by atoms with Crippen LogP contribution in [0.2, 0.25) is 0 Å². The van der Waals surface area contributed by atoms with Crippen molar-refractivity contribution in [1.82, 2.24) is 0 Å². The third kappa shape index (κ3) is 2.89. The standard InChI is InChI=1S/C15H19.Zr.H/c1-15(2,3)14(12-8-4-5-9-12)13-10-6-7-11-13;;/h4-8,10H,9,11H2,1-3H3;;/q-1;;-1. The molecule has 16 heavy (non-hydrogen) atoms. The molecule has 1 heteroatoms. The van der Waals surface area contributed by atoms with Gasteiger partial charge in [-0.1, -0.05) is 38.3 Å². The summed E-state index contributed by atoms with van der Waals surface area (Å²) in [4.78, 5) is 0. The van der Waals surface area contributed by atoms with Crippen LogP contribution < -0.4 is 0 Å². The second-order valence-corrected chi connectivity index (χ2v) is 5.27. The van der Waals surface area contributed by atoms with E-state index in [0.717, 1.165) is 12.8 Å². The predicted octanol–water partition coefficient (Wildman–Crippen LogP) is 4.49. The summed E-state index contributed by atoms with van der Waals surface area (Å²) < 4.78 is 0. The van der Waals surface area contributed by atoms with Gasteiger partial charge in [0.2, 0.25) is 0 Å². The molecule has 0 saturated carbocycles. The first-order valence-corrected chi connectivity index (χ1v) is 5.68. The van der Waals surface area contributed by atoms with Crippen LogP contribution in [0, 0.1) is 11.3 Å². The Labute approximate surface area is 120 Å². The van der Waals surface area contributed by atoms with E-state index in [9.17, 15) is 0 Å². The molecule has 0 atom stereocenters. The van der Waals surface area contributed by atoms with Gasteiger partial charge >= 0.3 is 0 Å². The Morgan fingerprint density at radius 3 is 1.69 bits per heavy atom. The monoisotopic (exact) mass is 290 g/mol. The molecule has 0 heterocycles. The molecule has 86 valence electrons. The van der Waals surface area contributed by atoms with Crippen molar-refractivity contribution in [2.75, 3.05) is 0 Å². The summed E-state index contributed by atoms with van der Waals surface area (Å²) in [6.07, 6.45) is 15.6. The molecule has 0 amide bonds. The average Bonchev–Trinajstić information content (AvgIpc) is 2.73. The van der Waals surface area contributed by atoms with E-state index in [-0.39, 0.29) is 33.0 Å². The SMILES string of the molecule is CC(C)(C)[C-](C1=CC=CC1)C1=CC=CC1.[H-].[Zr]. The summed E-state index contributed by atoms with van der Waals surface area (Å²) in [5.41, 5.74) is 3.24. The van der Waals surface area contributed by atoms with Crippen LogP contribution in [0.15, 0.2) is 47.6 Å². The minimum absolute atomic E-state index is 0. The molecule has 0 radical (unpaired) electrons. The fourth-order valence-electron chi connectivity index (χ4n) is 2.43. The van der Waals surface area contributed by atoms with Gasteiger partial charge in [0.25, 0.3) is 0 Å². The van der Waals surface area contributed by atoms with E-state index in [1.807, 2.05) is 0 Å². The van der Waals surface area contributed by atoms with Gasteiger partial charge in [-0.3, -0.25) is 0 Å². The van der Waals surface area contributed by atoms with Crippen LogP contribution in [-0.2, 0) is 26.2 Å². The van der Waals surface area contributed by atoms with Gasteiger partial charge in [0, 0.05) is 26.2 Å². The molecule has 0 aliphatic heterocycles. The van der Waals surface area contributed by atoms with Gasteiger partial charge in [-0.05, 0) is 12.8 Å². The number of hydrogen-bond acceptors (Lipinski definition) is 0. The second kappa shape index (κ2) is 5.36. The first kappa shape index (κ1) is 13.8. The van der Waals surface area contributed by atoms with E-state index in [4.69, 9.17) is 0 Å². The zero-order valence-corrected chi connectivity index (χ0v) is 12.8. The van der Waals surface area contributed by atoms with Gasteiger partial charge in [-0.25, -0.2) is 0 Å². The maximum Gasteiger partial charge on any atom is 0 e. The number of allylic oxidation sites excluding steroid dienone is 8. The van der Waals surface area contributed by atoms with Gasteiger partial charge in [0.1, 0.15) is 0 Å². The molecule has 2 rings (SSSR count).